The van der Waals surface area contributed by atoms with Crippen molar-refractivity contribution >= 4 is 28.0 Å². The van der Waals surface area contributed by atoms with Crippen LogP contribution in [0.25, 0.3) is 10.8 Å². The Hall–Kier alpha value is -2.99. The summed E-state index contributed by atoms with van der Waals surface area (Å²) >= 11 is 1.71. The van der Waals surface area contributed by atoms with Crippen molar-refractivity contribution in [3.05, 3.63) is 106 Å². The summed E-state index contributed by atoms with van der Waals surface area (Å²) in [7, 11) is 0. The molecule has 1 fully saturated rings. The van der Waals surface area contributed by atoms with Crippen LogP contribution in [0.4, 0.5) is 0 Å². The van der Waals surface area contributed by atoms with Crippen molar-refractivity contribution in [1.29, 1.82) is 0 Å². The van der Waals surface area contributed by atoms with Gasteiger partial charge in [-0.3, -0.25) is 4.79 Å². The summed E-state index contributed by atoms with van der Waals surface area (Å²) in [5, 5.41) is 17.4. The molecule has 4 nitrogen and oxygen atoms in total. The van der Waals surface area contributed by atoms with Gasteiger partial charge in [0.2, 0.25) is 0 Å². The molecule has 1 aromatic heterocycles. The van der Waals surface area contributed by atoms with Crippen molar-refractivity contribution < 1.29 is 9.90 Å². The van der Waals surface area contributed by atoms with Gasteiger partial charge in [-0.1, -0.05) is 79.7 Å². The van der Waals surface area contributed by atoms with Crippen LogP contribution in [-0.2, 0) is 6.42 Å². The van der Waals surface area contributed by atoms with E-state index in [0.717, 1.165) is 74.6 Å². The molecule has 41 heavy (non-hydrogen) atoms. The second-order valence-corrected chi connectivity index (χ2v) is 12.4. The SMILES string of the molecule is CCN(C[C@H](C)CN1CCC(O)(CCCc2ccccc2C)CC1)C(=O)c1cccc2ccccc12.c1ccsc1. The lowest BCUT2D eigenvalue weighted by Crippen LogP contribution is -2.47. The van der Waals surface area contributed by atoms with E-state index in [-0.39, 0.29) is 5.91 Å². The lowest BCUT2D eigenvalue weighted by molar-refractivity contribution is -0.0316. The highest BCUT2D eigenvalue weighted by Gasteiger charge is 2.32. The zero-order valence-electron chi connectivity index (χ0n) is 25.0. The minimum atomic E-state index is -0.539. The number of thiophene rings is 1. The van der Waals surface area contributed by atoms with E-state index in [9.17, 15) is 9.90 Å². The fraction of sp³-hybridized carbons (Fsp3) is 0.417. The van der Waals surface area contributed by atoms with Gasteiger partial charge < -0.3 is 14.9 Å². The van der Waals surface area contributed by atoms with Crippen LogP contribution >= 0.6 is 11.3 Å². The highest BCUT2D eigenvalue weighted by Crippen LogP contribution is 2.29. The summed E-state index contributed by atoms with van der Waals surface area (Å²) in [5.74, 6) is 0.485. The van der Waals surface area contributed by atoms with E-state index >= 15 is 0 Å². The van der Waals surface area contributed by atoms with Crippen molar-refractivity contribution in [2.75, 3.05) is 32.7 Å². The van der Waals surface area contributed by atoms with Gasteiger partial charge in [0.1, 0.15) is 0 Å². The molecule has 4 aromatic rings. The van der Waals surface area contributed by atoms with Crippen LogP contribution in [0.1, 0.15) is 61.0 Å². The molecule has 1 amide bonds. The van der Waals surface area contributed by atoms with Crippen LogP contribution in [-0.4, -0.2) is 59.1 Å². The predicted molar refractivity (Wildman–Crippen MR) is 174 cm³/mol. The first-order chi connectivity index (χ1) is 19.9. The highest BCUT2D eigenvalue weighted by atomic mass is 32.1. The number of likely N-dealkylation sites (tertiary alicyclic amines) is 1. The lowest BCUT2D eigenvalue weighted by atomic mass is 9.85. The van der Waals surface area contributed by atoms with E-state index in [2.05, 4.69) is 62.1 Å². The molecule has 0 saturated carbocycles. The minimum absolute atomic E-state index is 0.114. The van der Waals surface area contributed by atoms with Crippen LogP contribution < -0.4 is 0 Å². The number of fused-ring (bicyclic) bond motifs is 1. The molecular formula is C36H46N2O2S. The van der Waals surface area contributed by atoms with Crippen LogP contribution in [0.15, 0.2) is 89.6 Å². The molecule has 1 aliphatic heterocycles. The molecular weight excluding hydrogens is 524 g/mol. The first kappa shape index (κ1) is 31.0. The molecule has 0 unspecified atom stereocenters. The first-order valence-electron chi connectivity index (χ1n) is 15.1. The number of carbonyl (C=O) groups excluding carboxylic acids is 1. The molecule has 1 saturated heterocycles. The molecule has 5 heteroatoms. The van der Waals surface area contributed by atoms with E-state index in [1.165, 1.54) is 11.1 Å². The van der Waals surface area contributed by atoms with E-state index in [1.807, 2.05) is 58.1 Å². The summed E-state index contributed by atoms with van der Waals surface area (Å²) in [6.07, 6.45) is 4.60. The van der Waals surface area contributed by atoms with Crippen LogP contribution in [0.3, 0.4) is 0 Å². The maximum absolute atomic E-state index is 13.4. The maximum Gasteiger partial charge on any atom is 0.254 e. The molecule has 1 atom stereocenters. The third-order valence-corrected chi connectivity index (χ3v) is 8.98. The number of carbonyl (C=O) groups is 1. The number of nitrogens with zero attached hydrogens (tertiary/aromatic N) is 2. The van der Waals surface area contributed by atoms with Crippen molar-refractivity contribution in [1.82, 2.24) is 9.80 Å². The van der Waals surface area contributed by atoms with E-state index in [4.69, 9.17) is 0 Å². The Bertz CT molecular complexity index is 1320. The van der Waals surface area contributed by atoms with Gasteiger partial charge in [0.15, 0.2) is 0 Å². The fourth-order valence-electron chi connectivity index (χ4n) is 5.94. The number of piperidine rings is 1. The average Bonchev–Trinajstić information content (AvgIpc) is 3.58. The van der Waals surface area contributed by atoms with E-state index in [1.54, 1.807) is 11.3 Å². The third kappa shape index (κ3) is 9.00. The summed E-state index contributed by atoms with van der Waals surface area (Å²) in [6.45, 7) is 10.7. The van der Waals surface area contributed by atoms with Crippen LogP contribution in [0, 0.1) is 12.8 Å². The van der Waals surface area contributed by atoms with Crippen molar-refractivity contribution in [2.45, 2.75) is 58.5 Å². The summed E-state index contributed by atoms with van der Waals surface area (Å²) in [5.41, 5.74) is 2.98. The van der Waals surface area contributed by atoms with Gasteiger partial charge in [0.05, 0.1) is 5.60 Å². The largest absolute Gasteiger partial charge is 0.390 e. The monoisotopic (exact) mass is 570 g/mol. The molecule has 218 valence electrons. The fourth-order valence-corrected chi connectivity index (χ4v) is 6.39. The number of amides is 1. The Morgan fingerprint density at radius 3 is 2.34 bits per heavy atom. The van der Waals surface area contributed by atoms with Crippen molar-refractivity contribution in [3.8, 4) is 0 Å². The summed E-state index contributed by atoms with van der Waals surface area (Å²) in [6, 6.07) is 26.7. The molecule has 0 spiro atoms. The Labute approximate surface area is 250 Å². The molecule has 2 heterocycles. The van der Waals surface area contributed by atoms with Crippen molar-refractivity contribution in [3.63, 3.8) is 0 Å². The number of aryl methyl sites for hydroxylation is 2. The Kier molecular flexibility index (Phi) is 11.6. The lowest BCUT2D eigenvalue weighted by Gasteiger charge is -2.39. The van der Waals surface area contributed by atoms with E-state index < -0.39 is 5.60 Å². The normalized spacial score (nSPS) is 15.6. The predicted octanol–water partition coefficient (Wildman–Crippen LogP) is 7.84. The van der Waals surface area contributed by atoms with Gasteiger partial charge in [-0.25, -0.2) is 0 Å². The van der Waals surface area contributed by atoms with Crippen LogP contribution in [0.5, 0.6) is 0 Å². The van der Waals surface area contributed by atoms with Gasteiger partial charge in [-0.05, 0) is 90.6 Å². The molecule has 1 N–H and O–H groups in total. The van der Waals surface area contributed by atoms with Gasteiger partial charge in [-0.2, -0.15) is 11.3 Å². The maximum atomic E-state index is 13.4. The quantitative estimate of drug-likeness (QED) is 0.211. The molecule has 0 aliphatic carbocycles. The third-order valence-electron chi connectivity index (χ3n) is 8.35. The molecule has 1 aliphatic rings. The molecule has 3 aromatic carbocycles. The average molecular weight is 571 g/mol. The van der Waals surface area contributed by atoms with Gasteiger partial charge in [0.25, 0.3) is 5.91 Å². The van der Waals surface area contributed by atoms with Crippen LogP contribution in [0.2, 0.25) is 0 Å². The second kappa shape index (κ2) is 15.3. The standard InChI is InChI=1S/C32H42N2O2.C4H4S/c1-4-34(31(35)30-17-9-14-28-13-7-8-16-29(28)30)24-25(2)23-33-21-19-32(36,20-22-33)18-10-15-27-12-6-5-11-26(27)3;1-2-4-5-3-1/h5-9,11-14,16-17,25,36H,4,10,15,18-24H2,1-3H3;1-4H/t25-;/m1./s1. The summed E-state index contributed by atoms with van der Waals surface area (Å²) < 4.78 is 0. The second-order valence-electron chi connectivity index (χ2n) is 11.6. The first-order valence-corrected chi connectivity index (χ1v) is 16.1. The highest BCUT2D eigenvalue weighted by molar-refractivity contribution is 7.07. The Balaban J connectivity index is 0.000000699. The zero-order valence-corrected chi connectivity index (χ0v) is 25.8. The zero-order chi connectivity index (χ0) is 29.1. The topological polar surface area (TPSA) is 43.8 Å². The van der Waals surface area contributed by atoms with Crippen molar-refractivity contribution in [2.24, 2.45) is 5.92 Å². The number of aliphatic hydroxyl groups is 1. The Morgan fingerprint density at radius 1 is 0.976 bits per heavy atom. The van der Waals surface area contributed by atoms with Gasteiger partial charge in [-0.15, -0.1) is 0 Å². The number of hydrogen-bond acceptors (Lipinski definition) is 4. The Morgan fingerprint density at radius 2 is 1.66 bits per heavy atom. The van der Waals surface area contributed by atoms with E-state index in [0.29, 0.717) is 12.5 Å². The number of rotatable bonds is 10. The van der Waals surface area contributed by atoms with Gasteiger partial charge in [0, 0.05) is 38.3 Å². The smallest absolute Gasteiger partial charge is 0.254 e. The molecule has 5 rings (SSSR count). The number of benzene rings is 3. The van der Waals surface area contributed by atoms with Gasteiger partial charge >= 0.3 is 0 Å². The molecule has 0 bridgehead atoms. The summed E-state index contributed by atoms with van der Waals surface area (Å²) in [4.78, 5) is 17.9. The number of hydrogen-bond donors (Lipinski definition) is 1. The minimum Gasteiger partial charge on any atom is -0.390 e. The molecule has 0 radical (unpaired) electrons.